The number of likely N-dealkylation sites (N-methyl/N-ethyl adjacent to an activating group) is 1. The molecule has 0 aromatic heterocycles. The first kappa shape index (κ1) is 19.9. The predicted octanol–water partition coefficient (Wildman–Crippen LogP) is 3.56. The minimum Gasteiger partial charge on any atom is -0.444 e. The highest BCUT2D eigenvalue weighted by molar-refractivity contribution is 14.1. The van der Waals surface area contributed by atoms with Gasteiger partial charge in [-0.15, -0.1) is 0 Å². The number of carbonyl (C=O) groups is 2. The summed E-state index contributed by atoms with van der Waals surface area (Å²) >= 11 is 1.98. The monoisotopic (exact) mass is 466 g/mol. The predicted molar refractivity (Wildman–Crippen MR) is 97.5 cm³/mol. The van der Waals surface area contributed by atoms with Gasteiger partial charge in [0.15, 0.2) is 0 Å². The molecule has 5 nitrogen and oxygen atoms in total. The molecule has 25 heavy (non-hydrogen) atoms. The fourth-order valence-corrected chi connectivity index (χ4v) is 3.83. The first-order valence-electron chi connectivity index (χ1n) is 7.85. The van der Waals surface area contributed by atoms with Crippen molar-refractivity contribution < 1.29 is 23.1 Å². The number of hydrogen-bond donors (Lipinski definition) is 1. The fourth-order valence-electron chi connectivity index (χ4n) is 2.84. The quantitative estimate of drug-likeness (QED) is 0.536. The first-order chi connectivity index (χ1) is 11.5. The van der Waals surface area contributed by atoms with E-state index < -0.39 is 35.4 Å². The summed E-state index contributed by atoms with van der Waals surface area (Å²) in [6.07, 6.45) is -0.366. The summed E-state index contributed by atoms with van der Waals surface area (Å²) in [5, 5.41) is 2.70. The molecule has 1 fully saturated rings. The van der Waals surface area contributed by atoms with Crippen LogP contribution in [-0.2, 0) is 9.53 Å². The van der Waals surface area contributed by atoms with Gasteiger partial charge >= 0.3 is 6.09 Å². The van der Waals surface area contributed by atoms with Crippen LogP contribution in [-0.4, -0.2) is 39.5 Å². The molecule has 2 rings (SSSR count). The molecule has 1 aromatic carbocycles. The third-order valence-electron chi connectivity index (χ3n) is 3.85. The number of alkyl carbamates (subject to hydrolysis) is 1. The largest absolute Gasteiger partial charge is 0.444 e. The van der Waals surface area contributed by atoms with Crippen molar-refractivity contribution in [2.75, 3.05) is 7.05 Å². The number of piperidine rings is 1. The van der Waals surface area contributed by atoms with E-state index in [4.69, 9.17) is 4.74 Å². The second-order valence-electron chi connectivity index (χ2n) is 7.02. The van der Waals surface area contributed by atoms with Crippen molar-refractivity contribution in [3.8, 4) is 0 Å². The van der Waals surface area contributed by atoms with Crippen LogP contribution < -0.4 is 5.32 Å². The Balaban J connectivity index is 2.35. The average molecular weight is 466 g/mol. The van der Waals surface area contributed by atoms with Gasteiger partial charge in [-0.2, -0.15) is 0 Å². The van der Waals surface area contributed by atoms with Crippen molar-refractivity contribution in [2.45, 2.75) is 48.8 Å². The summed E-state index contributed by atoms with van der Waals surface area (Å²) in [7, 11) is 1.52. The molecule has 0 aliphatic carbocycles. The number of hydrogen-bond acceptors (Lipinski definition) is 3. The Morgan fingerprint density at radius 2 is 2.00 bits per heavy atom. The lowest BCUT2D eigenvalue weighted by Crippen LogP contribution is -2.55. The van der Waals surface area contributed by atoms with Gasteiger partial charge in [0.25, 0.3) is 0 Å². The molecule has 0 spiro atoms. The Kier molecular flexibility index (Phi) is 5.90. The topological polar surface area (TPSA) is 58.6 Å². The van der Waals surface area contributed by atoms with Crippen molar-refractivity contribution in [1.29, 1.82) is 0 Å². The second-order valence-corrected chi connectivity index (χ2v) is 8.52. The van der Waals surface area contributed by atoms with Crippen molar-refractivity contribution in [2.24, 2.45) is 0 Å². The van der Waals surface area contributed by atoms with Crippen LogP contribution in [0.4, 0.5) is 13.6 Å². The summed E-state index contributed by atoms with van der Waals surface area (Å²) in [6.45, 7) is 5.19. The number of nitrogens with zero attached hydrogens (tertiary/aromatic N) is 1. The smallest absolute Gasteiger partial charge is 0.407 e. The molecule has 3 atom stereocenters. The summed E-state index contributed by atoms with van der Waals surface area (Å²) in [5.74, 6) is -1.43. The molecule has 1 aromatic rings. The van der Waals surface area contributed by atoms with Gasteiger partial charge < -0.3 is 15.0 Å². The Morgan fingerprint density at radius 1 is 1.36 bits per heavy atom. The fraction of sp³-hybridized carbons (Fsp3) is 0.529. The third-order valence-corrected chi connectivity index (χ3v) is 4.89. The van der Waals surface area contributed by atoms with Crippen molar-refractivity contribution in [3.05, 3.63) is 35.4 Å². The normalized spacial score (nSPS) is 24.2. The Morgan fingerprint density at radius 3 is 2.60 bits per heavy atom. The maximum Gasteiger partial charge on any atom is 0.407 e. The van der Waals surface area contributed by atoms with Gasteiger partial charge in [0, 0.05) is 12.6 Å². The zero-order valence-corrected chi connectivity index (χ0v) is 16.6. The van der Waals surface area contributed by atoms with Gasteiger partial charge in [0.2, 0.25) is 5.91 Å². The van der Waals surface area contributed by atoms with E-state index in [-0.39, 0.29) is 15.4 Å². The number of likely N-dealkylation sites (tertiary alicyclic amines) is 1. The van der Waals surface area contributed by atoms with Gasteiger partial charge in [-0.3, -0.25) is 4.79 Å². The van der Waals surface area contributed by atoms with Crippen molar-refractivity contribution >= 4 is 34.6 Å². The Labute approximate surface area is 159 Å². The lowest BCUT2D eigenvalue weighted by molar-refractivity contribution is -0.134. The molecular formula is C17H21F2IN2O3. The van der Waals surface area contributed by atoms with Crippen LogP contribution in [0.3, 0.4) is 0 Å². The first-order valence-corrected chi connectivity index (χ1v) is 9.09. The van der Waals surface area contributed by atoms with Crippen LogP contribution in [0.5, 0.6) is 0 Å². The molecule has 1 aliphatic rings. The SMILES string of the molecule is CN1C(=O)C(I)C[C@H](NC(=O)OC(C)(C)C)[C@H]1c1cc(F)ccc1F. The van der Waals surface area contributed by atoms with Gasteiger partial charge in [0.05, 0.1) is 16.0 Å². The van der Waals surface area contributed by atoms with E-state index in [2.05, 4.69) is 5.32 Å². The van der Waals surface area contributed by atoms with Crippen molar-refractivity contribution in [1.82, 2.24) is 10.2 Å². The lowest BCUT2D eigenvalue weighted by atomic mass is 9.90. The zero-order chi connectivity index (χ0) is 18.9. The summed E-state index contributed by atoms with van der Waals surface area (Å²) < 4.78 is 32.8. The van der Waals surface area contributed by atoms with Gasteiger partial charge in [-0.1, -0.05) is 22.6 Å². The van der Waals surface area contributed by atoms with E-state index in [1.165, 1.54) is 11.9 Å². The highest BCUT2D eigenvalue weighted by Crippen LogP contribution is 2.35. The molecule has 1 unspecified atom stereocenters. The van der Waals surface area contributed by atoms with Gasteiger partial charge in [-0.05, 0) is 45.4 Å². The van der Waals surface area contributed by atoms with Crippen LogP contribution >= 0.6 is 22.6 Å². The maximum absolute atomic E-state index is 14.3. The number of rotatable bonds is 2. The molecule has 138 valence electrons. The van der Waals surface area contributed by atoms with Crippen LogP contribution in [0.2, 0.25) is 0 Å². The Bertz CT molecular complexity index is 678. The summed E-state index contributed by atoms with van der Waals surface area (Å²) in [5.41, 5.74) is -0.663. The molecule has 0 saturated carbocycles. The molecular weight excluding hydrogens is 445 g/mol. The van der Waals surface area contributed by atoms with Crippen molar-refractivity contribution in [3.63, 3.8) is 0 Å². The van der Waals surface area contributed by atoms with Crippen LogP contribution in [0, 0.1) is 11.6 Å². The molecule has 1 aliphatic heterocycles. The molecule has 0 bridgehead atoms. The number of alkyl halides is 1. The summed E-state index contributed by atoms with van der Waals surface area (Å²) in [4.78, 5) is 25.8. The van der Waals surface area contributed by atoms with E-state index in [9.17, 15) is 18.4 Å². The maximum atomic E-state index is 14.3. The van der Waals surface area contributed by atoms with E-state index in [0.29, 0.717) is 6.42 Å². The third kappa shape index (κ3) is 4.80. The van der Waals surface area contributed by atoms with Crippen LogP contribution in [0.15, 0.2) is 18.2 Å². The molecule has 1 N–H and O–H groups in total. The van der Waals surface area contributed by atoms with Gasteiger partial charge in [-0.25, -0.2) is 13.6 Å². The minimum absolute atomic E-state index is 0.0280. The zero-order valence-electron chi connectivity index (χ0n) is 14.5. The highest BCUT2D eigenvalue weighted by Gasteiger charge is 2.42. The molecule has 0 radical (unpaired) electrons. The number of amides is 2. The highest BCUT2D eigenvalue weighted by atomic mass is 127. The number of carbonyl (C=O) groups excluding carboxylic acids is 2. The van der Waals surface area contributed by atoms with E-state index in [1.807, 2.05) is 22.6 Å². The molecule has 1 heterocycles. The molecule has 8 heteroatoms. The second kappa shape index (κ2) is 7.43. The lowest BCUT2D eigenvalue weighted by Gasteiger charge is -2.41. The average Bonchev–Trinajstić information content (AvgIpc) is 2.46. The Hall–Kier alpha value is -1.45. The molecule has 2 amide bonds. The number of benzene rings is 1. The van der Waals surface area contributed by atoms with E-state index >= 15 is 0 Å². The minimum atomic E-state index is -0.818. The number of nitrogens with one attached hydrogen (secondary N) is 1. The van der Waals surface area contributed by atoms with Gasteiger partial charge in [0.1, 0.15) is 17.2 Å². The number of halogens is 3. The van der Waals surface area contributed by atoms with E-state index in [1.54, 1.807) is 20.8 Å². The molecule has 1 saturated heterocycles. The van der Waals surface area contributed by atoms with E-state index in [0.717, 1.165) is 18.2 Å². The summed E-state index contributed by atoms with van der Waals surface area (Å²) in [6, 6.07) is 1.67. The van der Waals surface area contributed by atoms with Crippen LogP contribution in [0.25, 0.3) is 0 Å². The standard InChI is InChI=1S/C17H21F2IN2O3/c1-17(2,3)25-16(24)21-13-8-12(20)15(23)22(4)14(13)10-7-9(18)5-6-11(10)19/h5-7,12-14H,8H2,1-4H3,(H,21,24)/t12?,13-,14+/m0/s1. The number of ether oxygens (including phenoxy) is 1. The van der Waals surface area contributed by atoms with Crippen LogP contribution in [0.1, 0.15) is 38.8 Å².